The molecule has 0 aliphatic carbocycles. The topological polar surface area (TPSA) is 145 Å². The van der Waals surface area contributed by atoms with Gasteiger partial charge in [0.1, 0.15) is 11.5 Å². The van der Waals surface area contributed by atoms with Crippen molar-refractivity contribution in [3.05, 3.63) is 81.9 Å². The second kappa shape index (κ2) is 19.6. The molecule has 0 fully saturated rings. The van der Waals surface area contributed by atoms with Crippen LogP contribution in [-0.2, 0) is 52.1 Å². The molecule has 0 unspecified atom stereocenters. The fourth-order valence-electron chi connectivity index (χ4n) is 4.65. The zero-order valence-electron chi connectivity index (χ0n) is 29.4. The van der Waals surface area contributed by atoms with E-state index < -0.39 is 11.9 Å². The SMILES string of the molecule is CC(=O)[O-].CC(=O)[O-].CCc1cc(CC(C)(C)C)cc(C=Nc2ccc(N=Cc3cc(CC(C)(C)C)cc(CC)c3O)cc2)c1O.[Co+2]. The fraction of sp³-hybridized carbons (Fsp3) is 0.421. The molecule has 2 N–H and O–H groups in total. The molecule has 1 radical (unpaired) electrons. The molecular formula is C38H50CoN2O6. The third kappa shape index (κ3) is 17.5. The molecule has 0 aliphatic rings. The van der Waals surface area contributed by atoms with Crippen molar-refractivity contribution in [1.29, 1.82) is 0 Å². The van der Waals surface area contributed by atoms with Crippen LogP contribution in [0, 0.1) is 10.8 Å². The number of hydrogen-bond donors (Lipinski definition) is 2. The van der Waals surface area contributed by atoms with E-state index in [4.69, 9.17) is 19.8 Å². The maximum absolute atomic E-state index is 10.7. The van der Waals surface area contributed by atoms with Crippen molar-refractivity contribution >= 4 is 35.7 Å². The molecule has 47 heavy (non-hydrogen) atoms. The Kier molecular flexibility index (Phi) is 18.0. The summed E-state index contributed by atoms with van der Waals surface area (Å²) < 4.78 is 0. The summed E-state index contributed by atoms with van der Waals surface area (Å²) in [6.45, 7) is 19.4. The van der Waals surface area contributed by atoms with Crippen molar-refractivity contribution < 1.29 is 46.8 Å². The maximum atomic E-state index is 10.7. The Balaban J connectivity index is 0.00000211. The van der Waals surface area contributed by atoms with E-state index in [1.165, 1.54) is 11.1 Å². The maximum Gasteiger partial charge on any atom is 2.00 e. The number of phenols is 2. The van der Waals surface area contributed by atoms with E-state index in [1.807, 2.05) is 36.4 Å². The summed E-state index contributed by atoms with van der Waals surface area (Å²) in [5.41, 5.74) is 7.67. The standard InChI is InChI=1S/C34H44N2O2.2C2H4O2.Co/c1-9-25-15-23(19-33(3,4)5)17-27(31(25)37)21-35-29-11-13-30(14-12-29)36-22-28-18-24(20-34(6,7)8)16-26(10-2)32(28)38;2*1-2(3)4;/h11-18,21-22,37-38H,9-10,19-20H2,1-8H3;2*1H3,(H,3,4);/q;;;+2/p-2. The third-order valence-electron chi connectivity index (χ3n) is 6.34. The van der Waals surface area contributed by atoms with Crippen molar-refractivity contribution in [3.8, 4) is 11.5 Å². The molecule has 8 nitrogen and oxygen atoms in total. The summed E-state index contributed by atoms with van der Waals surface area (Å²) in [5.74, 6) is -1.56. The van der Waals surface area contributed by atoms with Gasteiger partial charge < -0.3 is 30.0 Å². The Morgan fingerprint density at radius 2 is 0.936 bits per heavy atom. The van der Waals surface area contributed by atoms with Crippen LogP contribution in [0.1, 0.15) is 103 Å². The summed E-state index contributed by atoms with van der Waals surface area (Å²) >= 11 is 0. The van der Waals surface area contributed by atoms with E-state index in [9.17, 15) is 10.2 Å². The van der Waals surface area contributed by atoms with Gasteiger partial charge in [-0.3, -0.25) is 9.98 Å². The predicted octanol–water partition coefficient (Wildman–Crippen LogP) is 6.41. The Morgan fingerprint density at radius 1 is 0.660 bits per heavy atom. The number of aliphatic imine (C=N–C) groups is 2. The number of carbonyl (C=O) groups is 2. The minimum absolute atomic E-state index is 0. The largest absolute Gasteiger partial charge is 2.00 e. The number of carboxylic acid groups (broad SMARTS) is 2. The van der Waals surface area contributed by atoms with Gasteiger partial charge in [0.05, 0.1) is 11.4 Å². The number of aromatic hydroxyl groups is 2. The van der Waals surface area contributed by atoms with E-state index in [0.29, 0.717) is 11.5 Å². The Bertz CT molecular complexity index is 1390. The smallest absolute Gasteiger partial charge is 0.550 e. The number of rotatable bonds is 8. The quantitative estimate of drug-likeness (QED) is 0.262. The third-order valence-corrected chi connectivity index (χ3v) is 6.34. The summed E-state index contributed by atoms with van der Waals surface area (Å²) in [6.07, 6.45) is 6.88. The van der Waals surface area contributed by atoms with Crippen LogP contribution in [0.5, 0.6) is 11.5 Å². The number of phenolic OH excluding ortho intramolecular Hbond substituents is 2. The molecule has 3 rings (SSSR count). The molecule has 0 atom stereocenters. The zero-order valence-corrected chi connectivity index (χ0v) is 30.4. The van der Waals surface area contributed by atoms with Crippen LogP contribution in [-0.4, -0.2) is 34.6 Å². The first-order valence-corrected chi connectivity index (χ1v) is 15.5. The van der Waals surface area contributed by atoms with E-state index in [1.54, 1.807) is 12.4 Å². The van der Waals surface area contributed by atoms with E-state index in [-0.39, 0.29) is 27.6 Å². The molecule has 3 aromatic rings. The number of nitrogens with zero attached hydrogens (tertiary/aromatic N) is 2. The van der Waals surface area contributed by atoms with E-state index >= 15 is 0 Å². The Labute approximate surface area is 290 Å². The van der Waals surface area contributed by atoms with Crippen LogP contribution >= 0.6 is 0 Å². The average molecular weight is 690 g/mol. The summed E-state index contributed by atoms with van der Waals surface area (Å²) in [4.78, 5) is 27.0. The minimum Gasteiger partial charge on any atom is -0.550 e. The van der Waals surface area contributed by atoms with Crippen LogP contribution in [0.15, 0.2) is 58.5 Å². The molecule has 9 heteroatoms. The van der Waals surface area contributed by atoms with Crippen molar-refractivity contribution in [2.24, 2.45) is 20.8 Å². The molecule has 0 aliphatic heterocycles. The molecule has 0 saturated heterocycles. The molecule has 0 bridgehead atoms. The average Bonchev–Trinajstić information content (AvgIpc) is 2.91. The first-order chi connectivity index (χ1) is 21.2. The van der Waals surface area contributed by atoms with E-state index in [0.717, 1.165) is 73.2 Å². The van der Waals surface area contributed by atoms with Gasteiger partial charge in [-0.05, 0) is 109 Å². The minimum atomic E-state index is -1.08. The molecule has 0 amide bonds. The van der Waals surface area contributed by atoms with Gasteiger partial charge in [-0.2, -0.15) is 0 Å². The van der Waals surface area contributed by atoms with Gasteiger partial charge in [-0.25, -0.2) is 0 Å². The molecule has 257 valence electrons. The van der Waals surface area contributed by atoms with Gasteiger partial charge in [0, 0.05) is 35.5 Å². The number of carboxylic acids is 2. The molecule has 0 aromatic heterocycles. The number of carbonyl (C=O) groups excluding carboxylic acids is 2. The van der Waals surface area contributed by atoms with Gasteiger partial charge in [0.15, 0.2) is 0 Å². The predicted molar refractivity (Wildman–Crippen MR) is 184 cm³/mol. The van der Waals surface area contributed by atoms with Crippen molar-refractivity contribution in [2.45, 2.75) is 94.9 Å². The summed E-state index contributed by atoms with van der Waals surface area (Å²) in [6, 6.07) is 15.9. The van der Waals surface area contributed by atoms with Gasteiger partial charge >= 0.3 is 16.8 Å². The van der Waals surface area contributed by atoms with E-state index in [2.05, 4.69) is 77.5 Å². The van der Waals surface area contributed by atoms with Crippen molar-refractivity contribution in [1.82, 2.24) is 0 Å². The van der Waals surface area contributed by atoms with Crippen LogP contribution < -0.4 is 10.2 Å². The molecule has 0 spiro atoms. The summed E-state index contributed by atoms with van der Waals surface area (Å²) in [7, 11) is 0. The molecule has 0 saturated carbocycles. The van der Waals surface area contributed by atoms with Crippen LogP contribution in [0.25, 0.3) is 0 Å². The monoisotopic (exact) mass is 689 g/mol. The van der Waals surface area contributed by atoms with Gasteiger partial charge in [-0.15, -0.1) is 0 Å². The molecular weight excluding hydrogens is 639 g/mol. The number of benzene rings is 3. The van der Waals surface area contributed by atoms with Gasteiger partial charge in [0.2, 0.25) is 0 Å². The molecule has 0 heterocycles. The summed E-state index contributed by atoms with van der Waals surface area (Å²) in [5, 5.41) is 39.2. The van der Waals surface area contributed by atoms with Crippen molar-refractivity contribution in [3.63, 3.8) is 0 Å². The second-order valence-electron chi connectivity index (χ2n) is 13.6. The first-order valence-electron chi connectivity index (χ1n) is 15.5. The molecule has 3 aromatic carbocycles. The number of aliphatic carboxylic acids is 2. The Hall–Kier alpha value is -3.95. The first kappa shape index (κ1) is 43.0. The fourth-order valence-corrected chi connectivity index (χ4v) is 4.65. The normalized spacial score (nSPS) is 11.3. The number of aryl methyl sites for hydroxylation is 2. The van der Waals surface area contributed by atoms with Gasteiger partial charge in [-0.1, -0.05) is 67.5 Å². The Morgan fingerprint density at radius 3 is 1.17 bits per heavy atom. The van der Waals surface area contributed by atoms with Crippen molar-refractivity contribution in [2.75, 3.05) is 0 Å². The van der Waals surface area contributed by atoms with Crippen LogP contribution in [0.3, 0.4) is 0 Å². The van der Waals surface area contributed by atoms with Crippen LogP contribution in [0.4, 0.5) is 11.4 Å². The zero-order chi connectivity index (χ0) is 35.2. The van der Waals surface area contributed by atoms with Gasteiger partial charge in [0.25, 0.3) is 0 Å². The number of hydrogen-bond acceptors (Lipinski definition) is 8. The van der Waals surface area contributed by atoms with Crippen LogP contribution in [0.2, 0.25) is 0 Å². The second-order valence-corrected chi connectivity index (χ2v) is 13.6.